The van der Waals surface area contributed by atoms with E-state index in [0.29, 0.717) is 32.5 Å². The Morgan fingerprint density at radius 3 is 2.86 bits per heavy atom. The van der Waals surface area contributed by atoms with Crippen molar-refractivity contribution in [2.45, 2.75) is 32.2 Å². The molecule has 0 spiro atoms. The highest BCUT2D eigenvalue weighted by Crippen LogP contribution is 2.32. The van der Waals surface area contributed by atoms with Crippen molar-refractivity contribution < 1.29 is 14.2 Å². The van der Waals surface area contributed by atoms with E-state index in [2.05, 4.69) is 30.4 Å². The number of ether oxygens (including phenoxy) is 3. The van der Waals surface area contributed by atoms with Gasteiger partial charge in [-0.3, -0.25) is 0 Å². The molecule has 0 saturated carbocycles. The van der Waals surface area contributed by atoms with Crippen molar-refractivity contribution in [1.82, 2.24) is 5.32 Å². The van der Waals surface area contributed by atoms with Gasteiger partial charge in [0.25, 0.3) is 0 Å². The van der Waals surface area contributed by atoms with E-state index in [1.165, 1.54) is 24.0 Å². The van der Waals surface area contributed by atoms with Crippen LogP contribution in [-0.2, 0) is 15.9 Å². The van der Waals surface area contributed by atoms with Crippen molar-refractivity contribution >= 4 is 0 Å². The second-order valence-corrected chi connectivity index (χ2v) is 5.32. The fraction of sp³-hybridized carbons (Fsp3) is 0.647. The molecule has 4 nitrogen and oxygen atoms in total. The summed E-state index contributed by atoms with van der Waals surface area (Å²) < 4.78 is 16.1. The Balaban J connectivity index is 1.83. The normalized spacial score (nSPS) is 17.5. The van der Waals surface area contributed by atoms with Gasteiger partial charge < -0.3 is 19.5 Å². The summed E-state index contributed by atoms with van der Waals surface area (Å²) in [6.07, 6.45) is 3.63. The Hall–Kier alpha value is -1.10. The quantitative estimate of drug-likeness (QED) is 0.711. The summed E-state index contributed by atoms with van der Waals surface area (Å²) in [4.78, 5) is 0. The van der Waals surface area contributed by atoms with Gasteiger partial charge in [0.05, 0.1) is 19.8 Å². The standard InChI is InChI=1S/C17H27NO3/c1-3-18-17-6-4-5-14-13-15(7-8-16(14)17)21-12-11-20-10-9-19-2/h7-8,13,17-18H,3-6,9-12H2,1-2H3. The monoisotopic (exact) mass is 293 g/mol. The second kappa shape index (κ2) is 9.03. The highest BCUT2D eigenvalue weighted by Gasteiger charge is 2.19. The maximum atomic E-state index is 5.76. The predicted molar refractivity (Wildman–Crippen MR) is 84.0 cm³/mol. The lowest BCUT2D eigenvalue weighted by molar-refractivity contribution is 0.0544. The highest BCUT2D eigenvalue weighted by atomic mass is 16.5. The van der Waals surface area contributed by atoms with Crippen molar-refractivity contribution in [3.05, 3.63) is 29.3 Å². The summed E-state index contributed by atoms with van der Waals surface area (Å²) in [6.45, 7) is 5.61. The van der Waals surface area contributed by atoms with Gasteiger partial charge in [-0.2, -0.15) is 0 Å². The average molecular weight is 293 g/mol. The van der Waals surface area contributed by atoms with Crippen molar-refractivity contribution in [3.63, 3.8) is 0 Å². The van der Waals surface area contributed by atoms with Crippen molar-refractivity contribution in [1.29, 1.82) is 0 Å². The molecule has 0 aromatic heterocycles. The number of hydrogen-bond donors (Lipinski definition) is 1. The largest absolute Gasteiger partial charge is 0.491 e. The topological polar surface area (TPSA) is 39.7 Å². The first-order chi connectivity index (χ1) is 10.3. The first kappa shape index (κ1) is 16.3. The van der Waals surface area contributed by atoms with E-state index in [0.717, 1.165) is 18.7 Å². The van der Waals surface area contributed by atoms with Gasteiger partial charge >= 0.3 is 0 Å². The van der Waals surface area contributed by atoms with Gasteiger partial charge in [-0.15, -0.1) is 0 Å². The average Bonchev–Trinajstić information content (AvgIpc) is 2.51. The van der Waals surface area contributed by atoms with Crippen LogP contribution in [0.3, 0.4) is 0 Å². The van der Waals surface area contributed by atoms with Crippen LogP contribution in [0.25, 0.3) is 0 Å². The Morgan fingerprint density at radius 1 is 1.19 bits per heavy atom. The zero-order chi connectivity index (χ0) is 14.9. The molecule has 0 heterocycles. The van der Waals surface area contributed by atoms with Gasteiger partial charge in [0, 0.05) is 13.2 Å². The number of benzene rings is 1. The van der Waals surface area contributed by atoms with E-state index in [-0.39, 0.29) is 0 Å². The molecule has 0 bridgehead atoms. The molecular weight excluding hydrogens is 266 g/mol. The van der Waals surface area contributed by atoms with E-state index in [1.54, 1.807) is 7.11 Å². The fourth-order valence-corrected chi connectivity index (χ4v) is 2.80. The van der Waals surface area contributed by atoms with E-state index in [9.17, 15) is 0 Å². The van der Waals surface area contributed by atoms with Gasteiger partial charge in [-0.05, 0) is 49.1 Å². The summed E-state index contributed by atoms with van der Waals surface area (Å²) >= 11 is 0. The minimum Gasteiger partial charge on any atom is -0.491 e. The summed E-state index contributed by atoms with van der Waals surface area (Å²) in [6, 6.07) is 6.98. The lowest BCUT2D eigenvalue weighted by Crippen LogP contribution is -2.24. The molecule has 4 heteroatoms. The van der Waals surface area contributed by atoms with Crippen LogP contribution in [-0.4, -0.2) is 40.1 Å². The third-order valence-electron chi connectivity index (χ3n) is 3.81. The lowest BCUT2D eigenvalue weighted by atomic mass is 9.87. The molecule has 0 radical (unpaired) electrons. The molecule has 1 aromatic rings. The van der Waals surface area contributed by atoms with E-state index in [1.807, 2.05) is 0 Å². The fourth-order valence-electron chi connectivity index (χ4n) is 2.80. The van der Waals surface area contributed by atoms with Crippen LogP contribution in [0.4, 0.5) is 0 Å². The van der Waals surface area contributed by atoms with Gasteiger partial charge in [0.2, 0.25) is 0 Å². The van der Waals surface area contributed by atoms with Gasteiger partial charge in [-0.1, -0.05) is 13.0 Å². The van der Waals surface area contributed by atoms with Crippen molar-refractivity contribution in [2.75, 3.05) is 40.1 Å². The SMILES string of the molecule is CCNC1CCCc2cc(OCCOCCOC)ccc21. The Morgan fingerprint density at radius 2 is 2.05 bits per heavy atom. The molecule has 0 fully saturated rings. The molecule has 1 unspecified atom stereocenters. The van der Waals surface area contributed by atoms with Crippen molar-refractivity contribution in [2.24, 2.45) is 0 Å². The number of rotatable bonds is 9. The molecule has 1 aromatic carbocycles. The van der Waals surface area contributed by atoms with Crippen LogP contribution in [0.15, 0.2) is 18.2 Å². The van der Waals surface area contributed by atoms with Crippen LogP contribution >= 0.6 is 0 Å². The smallest absolute Gasteiger partial charge is 0.119 e. The summed E-state index contributed by atoms with van der Waals surface area (Å²) in [5.74, 6) is 0.946. The number of hydrogen-bond acceptors (Lipinski definition) is 4. The second-order valence-electron chi connectivity index (χ2n) is 5.32. The van der Waals surface area contributed by atoms with E-state index in [4.69, 9.17) is 14.2 Å². The molecule has 0 saturated heterocycles. The minimum absolute atomic E-state index is 0.505. The molecule has 0 amide bonds. The Kier molecular flexibility index (Phi) is 7.00. The first-order valence-electron chi connectivity index (χ1n) is 7.90. The summed E-state index contributed by atoms with van der Waals surface area (Å²) in [7, 11) is 1.67. The zero-order valence-electron chi connectivity index (χ0n) is 13.2. The molecule has 1 atom stereocenters. The van der Waals surface area contributed by atoms with Crippen LogP contribution < -0.4 is 10.1 Å². The molecule has 0 aliphatic heterocycles. The van der Waals surface area contributed by atoms with Crippen LogP contribution in [0.5, 0.6) is 5.75 Å². The lowest BCUT2D eigenvalue weighted by Gasteiger charge is -2.26. The molecule has 2 rings (SSSR count). The summed E-state index contributed by atoms with van der Waals surface area (Å²) in [5.41, 5.74) is 2.86. The predicted octanol–water partition coefficient (Wildman–Crippen LogP) is 2.72. The van der Waals surface area contributed by atoms with Crippen LogP contribution in [0.1, 0.15) is 36.9 Å². The van der Waals surface area contributed by atoms with Crippen LogP contribution in [0, 0.1) is 0 Å². The number of fused-ring (bicyclic) bond motifs is 1. The van der Waals surface area contributed by atoms with Gasteiger partial charge in [0.15, 0.2) is 0 Å². The van der Waals surface area contributed by atoms with Gasteiger partial charge in [-0.25, -0.2) is 0 Å². The molecule has 1 aliphatic rings. The molecular formula is C17H27NO3. The maximum absolute atomic E-state index is 5.76. The third-order valence-corrected chi connectivity index (χ3v) is 3.81. The third kappa shape index (κ3) is 4.99. The van der Waals surface area contributed by atoms with E-state index < -0.39 is 0 Å². The van der Waals surface area contributed by atoms with Gasteiger partial charge in [0.1, 0.15) is 12.4 Å². The Bertz CT molecular complexity index is 422. The maximum Gasteiger partial charge on any atom is 0.119 e. The van der Waals surface area contributed by atoms with Crippen molar-refractivity contribution in [3.8, 4) is 5.75 Å². The highest BCUT2D eigenvalue weighted by molar-refractivity contribution is 5.39. The molecule has 21 heavy (non-hydrogen) atoms. The number of nitrogens with one attached hydrogen (secondary N) is 1. The first-order valence-corrected chi connectivity index (χ1v) is 7.90. The molecule has 1 N–H and O–H groups in total. The number of methoxy groups -OCH3 is 1. The Labute approximate surface area is 127 Å². The molecule has 118 valence electrons. The van der Waals surface area contributed by atoms with E-state index >= 15 is 0 Å². The summed E-state index contributed by atoms with van der Waals surface area (Å²) in [5, 5.41) is 3.56. The van der Waals surface area contributed by atoms with Crippen LogP contribution in [0.2, 0.25) is 0 Å². The minimum atomic E-state index is 0.505. The zero-order valence-corrected chi connectivity index (χ0v) is 13.2. The molecule has 1 aliphatic carbocycles. The number of aryl methyl sites for hydroxylation is 1.